The van der Waals surface area contributed by atoms with Gasteiger partial charge in [-0.05, 0) is 66.1 Å². The lowest BCUT2D eigenvalue weighted by molar-refractivity contribution is 0.0127. The number of thiophene rings is 1. The van der Waals surface area contributed by atoms with Crippen LogP contribution in [0.5, 0.6) is 5.75 Å². The minimum atomic E-state index is -2.76. The summed E-state index contributed by atoms with van der Waals surface area (Å²) in [5, 5.41) is 12.7. The summed E-state index contributed by atoms with van der Waals surface area (Å²) in [5.41, 5.74) is 5.33. The number of anilines is 1. The van der Waals surface area contributed by atoms with Gasteiger partial charge in [0, 0.05) is 55.6 Å². The second-order valence-corrected chi connectivity index (χ2v) is 14.0. The molecule has 2 aromatic carbocycles. The number of benzene rings is 2. The average Bonchev–Trinajstić information content (AvgIpc) is 3.91. The van der Waals surface area contributed by atoms with Crippen molar-refractivity contribution >= 4 is 33.1 Å². The van der Waals surface area contributed by atoms with Crippen molar-refractivity contribution in [1.29, 1.82) is 0 Å². The number of amides is 1. The minimum absolute atomic E-state index is 0.0404. The number of hydrogen-bond acceptors (Lipinski definition) is 9. The average molecular weight is 745 g/mol. The molecule has 1 N–H and O–H groups in total. The summed E-state index contributed by atoms with van der Waals surface area (Å²) in [7, 11) is 3.13. The smallest absolute Gasteiger partial charge is 0.256 e. The molecule has 6 aromatic rings. The van der Waals surface area contributed by atoms with Crippen LogP contribution in [0.15, 0.2) is 59.1 Å². The summed E-state index contributed by atoms with van der Waals surface area (Å²) in [4.78, 5) is 26.1. The molecular weight excluding hydrogens is 709 g/mol. The quantitative estimate of drug-likeness (QED) is 0.147. The lowest BCUT2D eigenvalue weighted by Crippen LogP contribution is -2.24. The summed E-state index contributed by atoms with van der Waals surface area (Å²) in [6, 6.07) is 13.1. The van der Waals surface area contributed by atoms with Crippen molar-refractivity contribution < 1.29 is 31.5 Å². The van der Waals surface area contributed by atoms with Crippen LogP contribution in [0.2, 0.25) is 0 Å². The molecule has 0 radical (unpaired) electrons. The molecule has 0 atom stereocenters. The Morgan fingerprint density at radius 3 is 2.51 bits per heavy atom. The van der Waals surface area contributed by atoms with Gasteiger partial charge in [0.1, 0.15) is 11.6 Å². The number of fused-ring (bicyclic) bond motifs is 3. The van der Waals surface area contributed by atoms with Gasteiger partial charge in [-0.25, -0.2) is 22.5 Å². The molecule has 4 aromatic heterocycles. The van der Waals surface area contributed by atoms with Crippen molar-refractivity contribution in [1.82, 2.24) is 25.1 Å². The number of nitrogens with zero attached hydrogens (tertiary/aromatic N) is 5. The molecule has 8 rings (SSSR count). The highest BCUT2D eigenvalue weighted by molar-refractivity contribution is 7.23. The maximum atomic E-state index is 13.8. The van der Waals surface area contributed by atoms with Gasteiger partial charge in [-0.1, -0.05) is 25.1 Å². The molecule has 1 amide bonds. The normalized spacial score (nSPS) is 14.3. The molecule has 5 heterocycles. The first-order chi connectivity index (χ1) is 25.5. The van der Waals surface area contributed by atoms with Gasteiger partial charge in [-0.15, -0.1) is 21.5 Å². The third-order valence-electron chi connectivity index (χ3n) is 9.30. The molecule has 0 saturated heterocycles. The fourth-order valence-corrected chi connectivity index (χ4v) is 8.16. The van der Waals surface area contributed by atoms with E-state index in [9.17, 15) is 22.4 Å². The molecule has 2 aliphatic rings. The second kappa shape index (κ2) is 14.6. The van der Waals surface area contributed by atoms with Gasteiger partial charge >= 0.3 is 0 Å². The van der Waals surface area contributed by atoms with E-state index in [0.29, 0.717) is 60.0 Å². The summed E-state index contributed by atoms with van der Waals surface area (Å²) < 4.78 is 64.4. The fourth-order valence-electron chi connectivity index (χ4n) is 6.95. The summed E-state index contributed by atoms with van der Waals surface area (Å²) in [5.74, 6) is -2.15. The Morgan fingerprint density at radius 1 is 1.02 bits per heavy atom. The topological polar surface area (TPSA) is 106 Å². The van der Waals surface area contributed by atoms with Crippen LogP contribution >= 0.6 is 11.3 Å². The van der Waals surface area contributed by atoms with E-state index in [1.54, 1.807) is 36.6 Å². The number of halogens is 4. The predicted octanol–water partition coefficient (Wildman–Crippen LogP) is 8.62. The van der Waals surface area contributed by atoms with Crippen LogP contribution in [0.25, 0.3) is 32.0 Å². The van der Waals surface area contributed by atoms with Crippen molar-refractivity contribution in [3.8, 4) is 27.6 Å². The third-order valence-corrected chi connectivity index (χ3v) is 10.5. The number of carbonyl (C=O) groups is 1. The molecule has 14 heteroatoms. The largest absolute Gasteiger partial charge is 0.493 e. The van der Waals surface area contributed by atoms with Gasteiger partial charge in [-0.2, -0.15) is 0 Å². The van der Waals surface area contributed by atoms with E-state index in [1.807, 2.05) is 18.0 Å². The highest BCUT2D eigenvalue weighted by Gasteiger charge is 2.40. The number of nitrogens with one attached hydrogen (secondary N) is 1. The maximum Gasteiger partial charge on any atom is 0.256 e. The number of aryl methyl sites for hydroxylation is 3. The van der Waals surface area contributed by atoms with E-state index >= 15 is 0 Å². The number of alkyl halides is 2. The number of hydrogen-bond donors (Lipinski definition) is 1. The Bertz CT molecular complexity index is 2330. The zero-order chi connectivity index (χ0) is 37.4. The molecule has 0 spiro atoms. The van der Waals surface area contributed by atoms with E-state index < -0.39 is 18.2 Å². The lowest BCUT2D eigenvalue weighted by Gasteiger charge is -2.15. The molecule has 0 saturated carbocycles. The van der Waals surface area contributed by atoms with Gasteiger partial charge in [0.15, 0.2) is 11.6 Å². The summed E-state index contributed by atoms with van der Waals surface area (Å²) in [6.07, 6.45) is 3.06. The number of carbonyl (C=O) groups excluding carboxylic acids is 1. The van der Waals surface area contributed by atoms with Crippen LogP contribution in [-0.2, 0) is 32.2 Å². The van der Waals surface area contributed by atoms with Crippen LogP contribution < -0.4 is 10.1 Å². The molecule has 53 heavy (non-hydrogen) atoms. The first-order valence-electron chi connectivity index (χ1n) is 17.2. The molecule has 0 fully saturated rings. The van der Waals surface area contributed by atoms with Gasteiger partial charge in [0.2, 0.25) is 11.8 Å². The monoisotopic (exact) mass is 744 g/mol. The zero-order valence-electron chi connectivity index (χ0n) is 29.5. The Balaban J connectivity index is 0.000000260. The zero-order valence-corrected chi connectivity index (χ0v) is 30.3. The van der Waals surface area contributed by atoms with E-state index in [1.165, 1.54) is 31.4 Å². The highest BCUT2D eigenvalue weighted by atomic mass is 32.1. The molecule has 1 aliphatic carbocycles. The SMILES string of the molecule is CCCN1Cc2nc(CCc3ccc(F)cc3)c(-c3nnc(C)o3)c(-c3cc4ccnc(NC)c4s3)c2C1=O.COc1c(F)ccc2c1CC(F)(F)C2. The van der Waals surface area contributed by atoms with Crippen LogP contribution in [0, 0.1) is 18.6 Å². The molecular formula is C39H36F4N6O3S. The number of ether oxygens (including phenoxy) is 1. The molecule has 0 unspecified atom stereocenters. The van der Waals surface area contributed by atoms with Crippen molar-refractivity contribution in [2.75, 3.05) is 26.0 Å². The third kappa shape index (κ3) is 7.07. The lowest BCUT2D eigenvalue weighted by atomic mass is 9.94. The molecule has 1 aliphatic heterocycles. The van der Waals surface area contributed by atoms with Gasteiger partial charge in [0.25, 0.3) is 11.8 Å². The van der Waals surface area contributed by atoms with Crippen LogP contribution in [0.1, 0.15) is 57.7 Å². The Morgan fingerprint density at radius 2 is 1.81 bits per heavy atom. The second-order valence-electron chi connectivity index (χ2n) is 13.0. The predicted molar refractivity (Wildman–Crippen MR) is 195 cm³/mol. The summed E-state index contributed by atoms with van der Waals surface area (Å²) in [6.45, 7) is 4.90. The number of aromatic nitrogens is 4. The van der Waals surface area contributed by atoms with Gasteiger partial charge in [-0.3, -0.25) is 9.78 Å². The standard InChI is InChI=1S/C29H27FN6O2S.C10H9F3O/c1-4-13-36-15-21-24(29(36)37)25(22-14-18-11-12-32-27(31-3)26(18)39-22)23(28-35-34-16(2)38-28)20(33-21)10-7-17-5-8-19(30)9-6-17;1-14-9-7-5-10(12,13)4-6(7)2-3-8(9)11/h5-6,8-9,11-12,14H,4,7,10,13,15H2,1-3H3,(H,31,32);2-3H,4-5H2,1H3. The minimum Gasteiger partial charge on any atom is -0.493 e. The van der Waals surface area contributed by atoms with E-state index in [2.05, 4.69) is 33.5 Å². The number of pyridine rings is 2. The van der Waals surface area contributed by atoms with Crippen LogP contribution in [0.4, 0.5) is 23.4 Å². The molecule has 274 valence electrons. The van der Waals surface area contributed by atoms with Crippen LogP contribution in [-0.4, -0.2) is 57.6 Å². The first kappa shape index (κ1) is 36.0. The van der Waals surface area contributed by atoms with Gasteiger partial charge < -0.3 is 19.4 Å². The Hall–Kier alpha value is -5.37. The maximum absolute atomic E-state index is 13.8. The van der Waals surface area contributed by atoms with E-state index in [4.69, 9.17) is 14.1 Å². The van der Waals surface area contributed by atoms with Crippen molar-refractivity contribution in [2.24, 2.45) is 0 Å². The van der Waals surface area contributed by atoms with E-state index in [-0.39, 0.29) is 23.9 Å². The van der Waals surface area contributed by atoms with Crippen molar-refractivity contribution in [3.63, 3.8) is 0 Å². The Kier molecular flexibility index (Phi) is 9.90. The van der Waals surface area contributed by atoms with Crippen molar-refractivity contribution in [2.45, 2.75) is 58.4 Å². The van der Waals surface area contributed by atoms with E-state index in [0.717, 1.165) is 49.7 Å². The fraction of sp³-hybridized carbons (Fsp3) is 0.308. The van der Waals surface area contributed by atoms with Gasteiger partial charge in [0.05, 0.1) is 40.9 Å². The first-order valence-corrected chi connectivity index (χ1v) is 18.0. The number of methoxy groups -OCH3 is 1. The summed E-state index contributed by atoms with van der Waals surface area (Å²) >= 11 is 1.57. The highest BCUT2D eigenvalue weighted by Crippen LogP contribution is 2.46. The Labute approximate surface area is 307 Å². The molecule has 9 nitrogen and oxygen atoms in total. The number of rotatable bonds is 9. The molecule has 0 bridgehead atoms. The van der Waals surface area contributed by atoms with Crippen molar-refractivity contribution in [3.05, 3.63) is 106 Å². The van der Waals surface area contributed by atoms with Crippen LogP contribution in [0.3, 0.4) is 0 Å².